The highest BCUT2D eigenvalue weighted by atomic mass is 79.9. The van der Waals surface area contributed by atoms with Crippen LogP contribution in [0.25, 0.3) is 0 Å². The standard InChI is InChI=1S/C12H19Br2NS/c1-7(12(2,3)4)5-9(15)8-6-10(13)16-11(8)14/h6-7,9H,5,15H2,1-4H3. The molecule has 0 bridgehead atoms. The molecule has 2 N–H and O–H groups in total. The average Bonchev–Trinajstić information content (AvgIpc) is 2.43. The van der Waals surface area contributed by atoms with Crippen molar-refractivity contribution < 1.29 is 0 Å². The number of hydrogen-bond acceptors (Lipinski definition) is 2. The van der Waals surface area contributed by atoms with E-state index < -0.39 is 0 Å². The summed E-state index contributed by atoms with van der Waals surface area (Å²) in [5, 5.41) is 0. The van der Waals surface area contributed by atoms with Crippen LogP contribution in [-0.4, -0.2) is 0 Å². The minimum absolute atomic E-state index is 0.117. The monoisotopic (exact) mass is 367 g/mol. The van der Waals surface area contributed by atoms with Crippen LogP contribution in [0.2, 0.25) is 0 Å². The van der Waals surface area contributed by atoms with Crippen LogP contribution >= 0.6 is 43.2 Å². The van der Waals surface area contributed by atoms with Gasteiger partial charge in [0, 0.05) is 6.04 Å². The summed E-state index contributed by atoms with van der Waals surface area (Å²) in [4.78, 5) is 0. The molecule has 4 heteroatoms. The summed E-state index contributed by atoms with van der Waals surface area (Å²) in [6.45, 7) is 9.07. The van der Waals surface area contributed by atoms with E-state index in [0.717, 1.165) is 14.0 Å². The van der Waals surface area contributed by atoms with Gasteiger partial charge >= 0.3 is 0 Å². The van der Waals surface area contributed by atoms with E-state index in [-0.39, 0.29) is 6.04 Å². The van der Waals surface area contributed by atoms with Crippen molar-refractivity contribution in [1.82, 2.24) is 0 Å². The number of rotatable bonds is 3. The zero-order valence-corrected chi connectivity index (χ0v) is 14.2. The van der Waals surface area contributed by atoms with Crippen LogP contribution in [0.5, 0.6) is 0 Å². The first kappa shape index (κ1) is 14.7. The highest BCUT2D eigenvalue weighted by Crippen LogP contribution is 2.39. The first-order valence-electron chi connectivity index (χ1n) is 5.42. The van der Waals surface area contributed by atoms with Gasteiger partial charge in [0.2, 0.25) is 0 Å². The second-order valence-corrected chi connectivity index (χ2v) is 9.14. The Morgan fingerprint density at radius 3 is 2.31 bits per heavy atom. The van der Waals surface area contributed by atoms with Crippen molar-refractivity contribution in [2.45, 2.75) is 40.2 Å². The zero-order chi connectivity index (χ0) is 12.5. The maximum Gasteiger partial charge on any atom is 0.0758 e. The van der Waals surface area contributed by atoms with Gasteiger partial charge in [-0.15, -0.1) is 11.3 Å². The van der Waals surface area contributed by atoms with E-state index in [4.69, 9.17) is 5.73 Å². The molecular weight excluding hydrogens is 350 g/mol. The van der Waals surface area contributed by atoms with Crippen molar-refractivity contribution in [1.29, 1.82) is 0 Å². The summed E-state index contributed by atoms with van der Waals surface area (Å²) in [5.41, 5.74) is 7.80. The maximum absolute atomic E-state index is 6.26. The summed E-state index contributed by atoms with van der Waals surface area (Å²) in [6.07, 6.45) is 1.02. The summed E-state index contributed by atoms with van der Waals surface area (Å²) in [7, 11) is 0. The Bertz CT molecular complexity index is 354. The highest BCUT2D eigenvalue weighted by Gasteiger charge is 2.24. The molecular formula is C12H19Br2NS. The molecule has 16 heavy (non-hydrogen) atoms. The van der Waals surface area contributed by atoms with Gasteiger partial charge in [-0.1, -0.05) is 27.7 Å². The highest BCUT2D eigenvalue weighted by molar-refractivity contribution is 9.12. The number of thiophene rings is 1. The van der Waals surface area contributed by atoms with Crippen molar-refractivity contribution in [2.24, 2.45) is 17.1 Å². The molecule has 0 saturated carbocycles. The predicted molar refractivity (Wildman–Crippen MR) is 79.9 cm³/mol. The van der Waals surface area contributed by atoms with Crippen molar-refractivity contribution >= 4 is 43.2 Å². The lowest BCUT2D eigenvalue weighted by atomic mass is 9.78. The Kier molecular flexibility index (Phi) is 5.05. The fourth-order valence-electron chi connectivity index (χ4n) is 1.47. The number of hydrogen-bond donors (Lipinski definition) is 1. The lowest BCUT2D eigenvalue weighted by Gasteiger charge is -2.29. The smallest absolute Gasteiger partial charge is 0.0758 e. The van der Waals surface area contributed by atoms with E-state index in [2.05, 4.69) is 65.6 Å². The summed E-state index contributed by atoms with van der Waals surface area (Å²) < 4.78 is 2.28. The molecule has 0 saturated heterocycles. The van der Waals surface area contributed by atoms with E-state index in [1.807, 2.05) is 0 Å². The van der Waals surface area contributed by atoms with Gasteiger partial charge in [-0.25, -0.2) is 0 Å². The van der Waals surface area contributed by atoms with E-state index in [1.54, 1.807) is 11.3 Å². The molecule has 1 aromatic heterocycles. The van der Waals surface area contributed by atoms with Gasteiger partial charge in [0.05, 0.1) is 7.57 Å². The van der Waals surface area contributed by atoms with Crippen molar-refractivity contribution in [2.75, 3.05) is 0 Å². The van der Waals surface area contributed by atoms with E-state index in [9.17, 15) is 0 Å². The summed E-state index contributed by atoms with van der Waals surface area (Å²) in [6, 6.07) is 2.24. The fraction of sp³-hybridized carbons (Fsp3) is 0.667. The maximum atomic E-state index is 6.26. The zero-order valence-electron chi connectivity index (χ0n) is 10.2. The van der Waals surface area contributed by atoms with E-state index >= 15 is 0 Å². The molecule has 0 aliphatic heterocycles. The van der Waals surface area contributed by atoms with Gasteiger partial charge in [-0.3, -0.25) is 0 Å². The Morgan fingerprint density at radius 2 is 1.94 bits per heavy atom. The number of halogens is 2. The van der Waals surface area contributed by atoms with Crippen LogP contribution < -0.4 is 5.73 Å². The lowest BCUT2D eigenvalue weighted by Crippen LogP contribution is -2.23. The third-order valence-corrected chi connectivity index (χ3v) is 5.55. The molecule has 0 amide bonds. The molecule has 0 fully saturated rings. The van der Waals surface area contributed by atoms with E-state index in [0.29, 0.717) is 11.3 Å². The second kappa shape index (κ2) is 5.51. The molecule has 1 aromatic rings. The van der Waals surface area contributed by atoms with Gasteiger partial charge in [0.25, 0.3) is 0 Å². The Balaban J connectivity index is 2.73. The second-order valence-electron chi connectivity index (χ2n) is 5.39. The first-order chi connectivity index (χ1) is 7.21. The Hall–Kier alpha value is 0.620. The van der Waals surface area contributed by atoms with Gasteiger partial charge < -0.3 is 5.73 Å². The Morgan fingerprint density at radius 1 is 1.38 bits per heavy atom. The predicted octanol–water partition coefficient (Wildman–Crippen LogP) is 5.35. The molecule has 0 aliphatic carbocycles. The van der Waals surface area contributed by atoms with Gasteiger partial charge in [0.15, 0.2) is 0 Å². The third kappa shape index (κ3) is 3.83. The molecule has 1 rings (SSSR count). The van der Waals surface area contributed by atoms with Crippen LogP contribution in [0.15, 0.2) is 13.6 Å². The van der Waals surface area contributed by atoms with Crippen molar-refractivity contribution in [3.05, 3.63) is 19.2 Å². The molecule has 2 unspecified atom stereocenters. The summed E-state index contributed by atoms with van der Waals surface area (Å²) >= 11 is 8.74. The van der Waals surface area contributed by atoms with Gasteiger partial charge in [-0.05, 0) is 61.2 Å². The molecule has 2 atom stereocenters. The number of nitrogens with two attached hydrogens (primary N) is 1. The van der Waals surface area contributed by atoms with Crippen molar-refractivity contribution in [3.8, 4) is 0 Å². The molecule has 1 nitrogen and oxygen atoms in total. The van der Waals surface area contributed by atoms with Crippen LogP contribution in [0.4, 0.5) is 0 Å². The SMILES string of the molecule is CC(CC(N)c1cc(Br)sc1Br)C(C)(C)C. The molecule has 92 valence electrons. The van der Waals surface area contributed by atoms with Gasteiger partial charge in [-0.2, -0.15) is 0 Å². The third-order valence-electron chi connectivity index (χ3n) is 3.17. The lowest BCUT2D eigenvalue weighted by molar-refractivity contribution is 0.234. The fourth-order valence-corrected chi connectivity index (χ4v) is 4.47. The molecule has 0 spiro atoms. The van der Waals surface area contributed by atoms with E-state index in [1.165, 1.54) is 5.56 Å². The average molecular weight is 369 g/mol. The first-order valence-corrected chi connectivity index (χ1v) is 7.82. The van der Waals surface area contributed by atoms with Crippen LogP contribution in [-0.2, 0) is 0 Å². The molecule has 0 radical (unpaired) electrons. The molecule has 1 heterocycles. The van der Waals surface area contributed by atoms with Gasteiger partial charge in [0.1, 0.15) is 0 Å². The molecule has 0 aromatic carbocycles. The normalized spacial score (nSPS) is 16.2. The molecule has 0 aliphatic rings. The van der Waals surface area contributed by atoms with Crippen LogP contribution in [0.3, 0.4) is 0 Å². The van der Waals surface area contributed by atoms with Crippen LogP contribution in [0.1, 0.15) is 45.7 Å². The van der Waals surface area contributed by atoms with Crippen LogP contribution in [0, 0.1) is 11.3 Å². The topological polar surface area (TPSA) is 26.0 Å². The quantitative estimate of drug-likeness (QED) is 0.764. The van der Waals surface area contributed by atoms with Crippen molar-refractivity contribution in [3.63, 3.8) is 0 Å². The summed E-state index contributed by atoms with van der Waals surface area (Å²) in [5.74, 6) is 0.605. The Labute approximate surface area is 119 Å². The minimum Gasteiger partial charge on any atom is -0.324 e. The largest absolute Gasteiger partial charge is 0.324 e. The minimum atomic E-state index is 0.117.